The van der Waals surface area contributed by atoms with E-state index in [1.54, 1.807) is 7.11 Å². The van der Waals surface area contributed by atoms with E-state index in [-0.39, 0.29) is 21.1 Å². The molecule has 278 valence electrons. The Bertz CT molecular complexity index is 1310. The van der Waals surface area contributed by atoms with Gasteiger partial charge in [-0.2, -0.15) is 0 Å². The van der Waals surface area contributed by atoms with Crippen molar-refractivity contribution in [3.05, 3.63) is 155 Å². The predicted molar refractivity (Wildman–Crippen MR) is 225 cm³/mol. The third-order valence-corrected chi connectivity index (χ3v) is 5.94. The fourth-order valence-electron chi connectivity index (χ4n) is 3.62. The van der Waals surface area contributed by atoms with Gasteiger partial charge in [0.1, 0.15) is 17.3 Å². The van der Waals surface area contributed by atoms with E-state index in [0.717, 1.165) is 17.3 Å². The van der Waals surface area contributed by atoms with Crippen LogP contribution in [0.3, 0.4) is 0 Å². The molecule has 0 aliphatic heterocycles. The Hall–Kier alpha value is -3.61. The van der Waals surface area contributed by atoms with Gasteiger partial charge >= 0.3 is 0 Å². The van der Waals surface area contributed by atoms with Gasteiger partial charge in [-0.25, -0.2) is 0 Å². The second-order valence-electron chi connectivity index (χ2n) is 9.14. The Morgan fingerprint density at radius 3 is 1.16 bits per heavy atom. The molecule has 3 heteroatoms. The van der Waals surface area contributed by atoms with Crippen LogP contribution in [0, 0.1) is 27.7 Å². The molecule has 4 aromatic rings. The van der Waals surface area contributed by atoms with Gasteiger partial charge in [0, 0.05) is 21.1 Å². The Morgan fingerprint density at radius 2 is 0.840 bits per heavy atom. The fourth-order valence-corrected chi connectivity index (χ4v) is 3.62. The zero-order chi connectivity index (χ0) is 38.5. The van der Waals surface area contributed by atoms with E-state index >= 15 is 0 Å². The van der Waals surface area contributed by atoms with Crippen LogP contribution < -0.4 is 9.47 Å². The number of hydrogen-bond acceptors (Lipinski definition) is 2. The van der Waals surface area contributed by atoms with Crippen molar-refractivity contribution in [3.63, 3.8) is 0 Å². The molecule has 0 fully saturated rings. The topological polar surface area (TPSA) is 18.5 Å². The summed E-state index contributed by atoms with van der Waals surface area (Å²) in [6.07, 6.45) is 9.81. The molecule has 2 nitrogen and oxygen atoms in total. The van der Waals surface area contributed by atoms with Crippen molar-refractivity contribution >= 4 is 0 Å². The van der Waals surface area contributed by atoms with E-state index in [2.05, 4.69) is 76.2 Å². The average Bonchev–Trinajstić information content (AvgIpc) is 3.17. The first-order valence-electron chi connectivity index (χ1n) is 18.3. The van der Waals surface area contributed by atoms with Crippen molar-refractivity contribution in [2.24, 2.45) is 0 Å². The summed E-state index contributed by atoms with van der Waals surface area (Å²) in [6, 6.07) is 33.0. The molecule has 0 aromatic heterocycles. The van der Waals surface area contributed by atoms with Gasteiger partial charge in [0.2, 0.25) is 0 Å². The predicted octanol–water partition coefficient (Wildman–Crippen LogP) is 15.5. The number of allylic oxidation sites excluding steroid dienone is 5. The quantitative estimate of drug-likeness (QED) is 0.142. The maximum Gasteiger partial charge on any atom is 0.127 e. The molecule has 4 rings (SSSR count). The Kier molecular flexibility index (Phi) is 46.4. The zero-order valence-corrected chi connectivity index (χ0v) is 37.8. The van der Waals surface area contributed by atoms with E-state index in [0.29, 0.717) is 0 Å². The van der Waals surface area contributed by atoms with Crippen LogP contribution in [0.4, 0.5) is 0 Å². The molecule has 50 heavy (non-hydrogen) atoms. The molecule has 0 saturated heterocycles. The zero-order valence-electron chi connectivity index (χ0n) is 34.8. The molecule has 0 heterocycles. The molecule has 0 bridgehead atoms. The van der Waals surface area contributed by atoms with E-state index < -0.39 is 0 Å². The smallest absolute Gasteiger partial charge is 0.127 e. The molecule has 4 aromatic carbocycles. The summed E-state index contributed by atoms with van der Waals surface area (Å²) in [5.74, 6) is 2.63. The van der Waals surface area contributed by atoms with Crippen LogP contribution in [0.25, 0.3) is 11.1 Å². The van der Waals surface area contributed by atoms with Crippen molar-refractivity contribution in [2.45, 2.75) is 111 Å². The molecule has 0 radical (unpaired) electrons. The minimum atomic E-state index is 0. The van der Waals surface area contributed by atoms with Crippen LogP contribution >= 0.6 is 0 Å². The van der Waals surface area contributed by atoms with Crippen molar-refractivity contribution in [3.8, 4) is 22.6 Å². The fraction of sp³-hybridized carbons (Fsp3) is 0.362. The third kappa shape index (κ3) is 27.2. The summed E-state index contributed by atoms with van der Waals surface area (Å²) in [4.78, 5) is 0. The molecule has 0 spiro atoms. The molecule has 0 N–H and O–H groups in total. The maximum absolute atomic E-state index is 5.71. The summed E-state index contributed by atoms with van der Waals surface area (Å²) in [7, 11) is 1.67. The number of ether oxygens (including phenoxy) is 2. The molecule has 0 aliphatic carbocycles. The summed E-state index contributed by atoms with van der Waals surface area (Å²) >= 11 is 0. The monoisotopic (exact) mass is 853 g/mol. The van der Waals surface area contributed by atoms with Gasteiger partial charge < -0.3 is 9.47 Å². The standard InChI is InChI=1S/C15H18O.C14H14.C8H10O.5C2H6.W/c1-4-6-7-8-14(5-2)16-15-11-9-13(3)10-12-15;1-11-7-3-5-9-13(11)14-10-6-4-8-12(14)2;1-7-3-5-8(9-2)6-4-7;5*1-2;/h4-12H,1-3H3;3-10H,1-2H3;3-6H,1-2H3;5*1-2H3;/b6-4-,8-7-,14-5+;;;;;;;;. The minimum Gasteiger partial charge on any atom is -0.497 e. The van der Waals surface area contributed by atoms with Crippen LogP contribution in [-0.2, 0) is 21.1 Å². The second-order valence-corrected chi connectivity index (χ2v) is 9.14. The van der Waals surface area contributed by atoms with E-state index in [1.165, 1.54) is 33.4 Å². The van der Waals surface area contributed by atoms with Crippen LogP contribution in [0.5, 0.6) is 11.5 Å². The largest absolute Gasteiger partial charge is 0.497 e. The first kappa shape index (κ1) is 55.8. The molecule has 0 saturated carbocycles. The Balaban J connectivity index is -0.000000182. The number of rotatable bonds is 6. The summed E-state index contributed by atoms with van der Waals surface area (Å²) in [5, 5.41) is 0. The second kappa shape index (κ2) is 41.6. The SMILES string of the molecule is CC.CC.CC.CC.CC.COc1ccc(C)cc1.C\C=C/C=C\C(=C/C)Oc1ccc(C)cc1.Cc1ccccc1-c1ccccc1C.[W]. The molecular weight excluding hydrogens is 780 g/mol. The summed E-state index contributed by atoms with van der Waals surface area (Å²) in [6.45, 7) is 32.4. The van der Waals surface area contributed by atoms with Crippen molar-refractivity contribution in [1.29, 1.82) is 0 Å². The van der Waals surface area contributed by atoms with Gasteiger partial charge in [-0.1, -0.05) is 171 Å². The molecule has 0 unspecified atom stereocenters. The number of benzene rings is 4. The number of aryl methyl sites for hydroxylation is 4. The van der Waals surface area contributed by atoms with Gasteiger partial charge in [0.15, 0.2) is 0 Å². The van der Waals surface area contributed by atoms with Crippen LogP contribution in [-0.4, -0.2) is 7.11 Å². The van der Waals surface area contributed by atoms with Gasteiger partial charge in [0.25, 0.3) is 0 Å². The maximum atomic E-state index is 5.71. The number of methoxy groups -OCH3 is 1. The van der Waals surface area contributed by atoms with E-state index in [1.807, 2.05) is 162 Å². The molecule has 0 aliphatic rings. The van der Waals surface area contributed by atoms with Crippen molar-refractivity contribution in [1.82, 2.24) is 0 Å². The van der Waals surface area contributed by atoms with Crippen molar-refractivity contribution in [2.75, 3.05) is 7.11 Å². The Labute approximate surface area is 325 Å². The van der Waals surface area contributed by atoms with Gasteiger partial charge in [-0.15, -0.1) is 0 Å². The van der Waals surface area contributed by atoms with Crippen molar-refractivity contribution < 1.29 is 30.5 Å². The van der Waals surface area contributed by atoms with Crippen LogP contribution in [0.15, 0.2) is 133 Å². The van der Waals surface area contributed by atoms with Crippen LogP contribution in [0.1, 0.15) is 105 Å². The van der Waals surface area contributed by atoms with Gasteiger partial charge in [-0.05, 0) is 100 Å². The van der Waals surface area contributed by atoms with E-state index in [4.69, 9.17) is 9.47 Å². The van der Waals surface area contributed by atoms with Gasteiger partial charge in [-0.3, -0.25) is 0 Å². The molecule has 0 amide bonds. The minimum absolute atomic E-state index is 0. The normalized spacial score (nSPS) is 9.10. The average molecular weight is 853 g/mol. The third-order valence-electron chi connectivity index (χ3n) is 5.94. The first-order valence-corrected chi connectivity index (χ1v) is 18.3. The van der Waals surface area contributed by atoms with E-state index in [9.17, 15) is 0 Å². The number of hydrogen-bond donors (Lipinski definition) is 0. The van der Waals surface area contributed by atoms with Crippen LogP contribution in [0.2, 0.25) is 0 Å². The first-order chi connectivity index (χ1) is 23.9. The Morgan fingerprint density at radius 1 is 0.480 bits per heavy atom. The summed E-state index contributed by atoms with van der Waals surface area (Å²) in [5.41, 5.74) is 7.84. The summed E-state index contributed by atoms with van der Waals surface area (Å²) < 4.78 is 10.7. The van der Waals surface area contributed by atoms with Gasteiger partial charge in [0.05, 0.1) is 7.11 Å². The molecule has 0 atom stereocenters. The molecular formula is C47H72O2W.